The van der Waals surface area contributed by atoms with Crippen LogP contribution < -0.4 is 10.6 Å². The summed E-state index contributed by atoms with van der Waals surface area (Å²) in [5.74, 6) is 0. The van der Waals surface area contributed by atoms with Gasteiger partial charge in [-0.25, -0.2) is 0 Å². The van der Waals surface area contributed by atoms with Crippen molar-refractivity contribution in [3.8, 4) is 0 Å². The van der Waals surface area contributed by atoms with E-state index in [9.17, 15) is 0 Å². The zero-order valence-corrected chi connectivity index (χ0v) is 14.3. The summed E-state index contributed by atoms with van der Waals surface area (Å²) in [7, 11) is 0. The third kappa shape index (κ3) is 4.85. The lowest BCUT2D eigenvalue weighted by Crippen LogP contribution is -2.36. The Bertz CT molecular complexity index is 623. The maximum absolute atomic E-state index is 5.42. The van der Waals surface area contributed by atoms with E-state index >= 15 is 0 Å². The van der Waals surface area contributed by atoms with E-state index in [0.717, 1.165) is 18.5 Å². The fourth-order valence-corrected chi connectivity index (χ4v) is 2.68. The van der Waals surface area contributed by atoms with Gasteiger partial charge in [0.1, 0.15) is 0 Å². The molecule has 0 saturated carbocycles. The number of nitrogens with one attached hydrogen (secondary N) is 2. The van der Waals surface area contributed by atoms with Gasteiger partial charge in [-0.2, -0.15) is 0 Å². The van der Waals surface area contributed by atoms with Gasteiger partial charge in [0.2, 0.25) is 0 Å². The summed E-state index contributed by atoms with van der Waals surface area (Å²) < 4.78 is 0. The molecule has 0 radical (unpaired) electrons. The second-order valence-electron chi connectivity index (χ2n) is 5.77. The molecule has 0 amide bonds. The molecule has 2 rings (SSSR count). The van der Waals surface area contributed by atoms with Crippen LogP contribution in [-0.4, -0.2) is 11.2 Å². The van der Waals surface area contributed by atoms with Gasteiger partial charge in [0.05, 0.1) is 0 Å². The van der Waals surface area contributed by atoms with E-state index in [-0.39, 0.29) is 0 Å². The summed E-state index contributed by atoms with van der Waals surface area (Å²) in [4.78, 5) is 0. The monoisotopic (exact) mass is 312 g/mol. The Kier molecular flexibility index (Phi) is 5.96. The van der Waals surface area contributed by atoms with Crippen molar-refractivity contribution in [2.24, 2.45) is 0 Å². The van der Waals surface area contributed by atoms with Crippen molar-refractivity contribution in [1.82, 2.24) is 5.32 Å². The van der Waals surface area contributed by atoms with Gasteiger partial charge in [-0.3, -0.25) is 0 Å². The van der Waals surface area contributed by atoms with Crippen molar-refractivity contribution in [3.63, 3.8) is 0 Å². The number of anilines is 1. The lowest BCUT2D eigenvalue weighted by molar-refractivity contribution is 0.609. The number of benzene rings is 2. The predicted octanol–water partition coefficient (Wildman–Crippen LogP) is 4.61. The minimum atomic E-state index is 0.338. The molecule has 0 aliphatic heterocycles. The van der Waals surface area contributed by atoms with Crippen LogP contribution in [-0.2, 0) is 6.42 Å². The van der Waals surface area contributed by atoms with Crippen molar-refractivity contribution >= 4 is 23.0 Å². The smallest absolute Gasteiger partial charge is 0.170 e. The molecule has 0 aliphatic carbocycles. The Morgan fingerprint density at radius 3 is 2.50 bits per heavy atom. The van der Waals surface area contributed by atoms with Gasteiger partial charge < -0.3 is 10.6 Å². The van der Waals surface area contributed by atoms with Crippen LogP contribution in [0.3, 0.4) is 0 Å². The van der Waals surface area contributed by atoms with Crippen LogP contribution in [0.15, 0.2) is 48.5 Å². The van der Waals surface area contributed by atoms with Gasteiger partial charge in [-0.1, -0.05) is 42.5 Å². The summed E-state index contributed by atoms with van der Waals surface area (Å²) in [6.45, 7) is 6.39. The molecule has 0 unspecified atom stereocenters. The molecule has 2 N–H and O–H groups in total. The zero-order valence-electron chi connectivity index (χ0n) is 13.5. The van der Waals surface area contributed by atoms with E-state index in [0.29, 0.717) is 11.2 Å². The van der Waals surface area contributed by atoms with Gasteiger partial charge in [-0.15, -0.1) is 0 Å². The summed E-state index contributed by atoms with van der Waals surface area (Å²) in [6.07, 6.45) is 2.11. The minimum absolute atomic E-state index is 0.338. The third-order valence-electron chi connectivity index (χ3n) is 3.94. The van der Waals surface area contributed by atoms with Crippen LogP contribution in [0.25, 0.3) is 0 Å². The molecule has 0 saturated heterocycles. The second-order valence-corrected chi connectivity index (χ2v) is 6.18. The highest BCUT2D eigenvalue weighted by atomic mass is 32.1. The average Bonchev–Trinajstić information content (AvgIpc) is 2.51. The number of aryl methyl sites for hydroxylation is 2. The molecular weight excluding hydrogens is 288 g/mol. The highest BCUT2D eigenvalue weighted by molar-refractivity contribution is 7.80. The lowest BCUT2D eigenvalue weighted by atomic mass is 10.1. The first-order valence-corrected chi connectivity index (χ1v) is 8.14. The maximum atomic E-state index is 5.42. The van der Waals surface area contributed by atoms with Crippen LogP contribution in [0.2, 0.25) is 0 Å². The molecule has 0 bridgehead atoms. The van der Waals surface area contributed by atoms with Crippen molar-refractivity contribution in [3.05, 3.63) is 65.2 Å². The Hall–Kier alpha value is -1.87. The van der Waals surface area contributed by atoms with Crippen molar-refractivity contribution in [1.29, 1.82) is 0 Å². The first-order chi connectivity index (χ1) is 10.6. The molecule has 2 nitrogen and oxygen atoms in total. The van der Waals surface area contributed by atoms with Gasteiger partial charge in [0, 0.05) is 11.7 Å². The van der Waals surface area contributed by atoms with Crippen LogP contribution >= 0.6 is 12.2 Å². The Morgan fingerprint density at radius 2 is 1.77 bits per heavy atom. The number of rotatable bonds is 5. The Morgan fingerprint density at radius 1 is 1.05 bits per heavy atom. The van der Waals surface area contributed by atoms with Crippen molar-refractivity contribution in [2.45, 2.75) is 39.7 Å². The normalized spacial score (nSPS) is 11.8. The fraction of sp³-hybridized carbons (Fsp3) is 0.316. The highest BCUT2D eigenvalue weighted by Crippen LogP contribution is 2.17. The van der Waals surface area contributed by atoms with Crippen molar-refractivity contribution < 1.29 is 0 Å². The molecule has 0 heterocycles. The second kappa shape index (κ2) is 7.95. The molecule has 0 spiro atoms. The standard InChI is InChI=1S/C19H24N2S/c1-14-8-7-11-18(16(14)3)21-19(22)20-15(2)12-13-17-9-5-4-6-10-17/h4-11,15H,12-13H2,1-3H3,(H2,20,21,22)/t15-/m0/s1. The summed E-state index contributed by atoms with van der Waals surface area (Å²) in [5.41, 5.74) is 4.95. The molecule has 2 aromatic rings. The largest absolute Gasteiger partial charge is 0.360 e. The SMILES string of the molecule is Cc1cccc(NC(=S)N[C@@H](C)CCc2ccccc2)c1C. The summed E-state index contributed by atoms with van der Waals surface area (Å²) in [5, 5.41) is 7.36. The summed E-state index contributed by atoms with van der Waals surface area (Å²) >= 11 is 5.42. The van der Waals surface area contributed by atoms with Crippen LogP contribution in [0, 0.1) is 13.8 Å². The molecule has 22 heavy (non-hydrogen) atoms. The first-order valence-electron chi connectivity index (χ1n) is 7.74. The van der Waals surface area contributed by atoms with Crippen LogP contribution in [0.4, 0.5) is 5.69 Å². The number of hydrogen-bond donors (Lipinski definition) is 2. The highest BCUT2D eigenvalue weighted by Gasteiger charge is 2.07. The lowest BCUT2D eigenvalue weighted by Gasteiger charge is -2.18. The van der Waals surface area contributed by atoms with Crippen LogP contribution in [0.5, 0.6) is 0 Å². The maximum Gasteiger partial charge on any atom is 0.170 e. The van der Waals surface area contributed by atoms with Crippen LogP contribution in [0.1, 0.15) is 30.0 Å². The fourth-order valence-electron chi connectivity index (χ4n) is 2.37. The van der Waals surface area contributed by atoms with Gasteiger partial charge in [0.25, 0.3) is 0 Å². The van der Waals surface area contributed by atoms with E-state index in [1.165, 1.54) is 16.7 Å². The van der Waals surface area contributed by atoms with Gasteiger partial charge in [0.15, 0.2) is 5.11 Å². The Balaban J connectivity index is 1.82. The molecule has 116 valence electrons. The van der Waals surface area contributed by atoms with E-state index < -0.39 is 0 Å². The molecule has 0 fully saturated rings. The number of thiocarbonyl (C=S) groups is 1. The van der Waals surface area contributed by atoms with E-state index in [1.54, 1.807) is 0 Å². The Labute approximate surface area is 139 Å². The third-order valence-corrected chi connectivity index (χ3v) is 4.16. The summed E-state index contributed by atoms with van der Waals surface area (Å²) in [6, 6.07) is 17.1. The molecule has 3 heteroatoms. The minimum Gasteiger partial charge on any atom is -0.360 e. The first kappa shape index (κ1) is 16.5. The molecule has 0 aromatic heterocycles. The average molecular weight is 312 g/mol. The zero-order chi connectivity index (χ0) is 15.9. The number of hydrogen-bond acceptors (Lipinski definition) is 1. The van der Waals surface area contributed by atoms with E-state index in [2.05, 4.69) is 73.9 Å². The quantitative estimate of drug-likeness (QED) is 0.788. The van der Waals surface area contributed by atoms with Gasteiger partial charge in [-0.05, 0) is 68.6 Å². The molecular formula is C19H24N2S. The van der Waals surface area contributed by atoms with E-state index in [4.69, 9.17) is 12.2 Å². The van der Waals surface area contributed by atoms with Gasteiger partial charge >= 0.3 is 0 Å². The molecule has 1 atom stereocenters. The van der Waals surface area contributed by atoms with E-state index in [1.807, 2.05) is 6.07 Å². The predicted molar refractivity (Wildman–Crippen MR) is 99.5 cm³/mol. The van der Waals surface area contributed by atoms with Crippen molar-refractivity contribution in [2.75, 3.05) is 5.32 Å². The molecule has 2 aromatic carbocycles. The topological polar surface area (TPSA) is 24.1 Å². The molecule has 0 aliphatic rings.